The average molecular weight is 686 g/mol. The van der Waals surface area contributed by atoms with Crippen molar-refractivity contribution >= 4 is 48.9 Å². The molecule has 43 heavy (non-hydrogen) atoms. The number of hydrogen-bond donors (Lipinski definition) is 0. The van der Waals surface area contributed by atoms with Crippen molar-refractivity contribution < 1.29 is 0 Å². The summed E-state index contributed by atoms with van der Waals surface area (Å²) in [6.45, 7) is 6.42. The first-order valence-electron chi connectivity index (χ1n) is 14.6. The summed E-state index contributed by atoms with van der Waals surface area (Å²) >= 11 is 7.62. The minimum Gasteiger partial charge on any atom is -0.311 e. The van der Waals surface area contributed by atoms with Gasteiger partial charge in [0.05, 0.1) is 5.41 Å². The molecule has 210 valence electrons. The predicted molar refractivity (Wildman–Crippen MR) is 188 cm³/mol. The van der Waals surface area contributed by atoms with Crippen LogP contribution in [-0.4, -0.2) is 0 Å². The predicted octanol–water partition coefficient (Wildman–Crippen LogP) is 12.0. The van der Waals surface area contributed by atoms with E-state index < -0.39 is 5.41 Å². The van der Waals surface area contributed by atoms with Crippen molar-refractivity contribution in [1.82, 2.24) is 0 Å². The number of hydrogen-bond acceptors (Lipinski definition) is 1. The van der Waals surface area contributed by atoms with Crippen LogP contribution in [0.25, 0.3) is 11.1 Å². The highest BCUT2D eigenvalue weighted by Gasteiger charge is 2.46. The number of anilines is 3. The minimum atomic E-state index is -0.469. The molecular formula is C40H31Br2N. The van der Waals surface area contributed by atoms with E-state index in [4.69, 9.17) is 0 Å². The summed E-state index contributed by atoms with van der Waals surface area (Å²) in [6.07, 6.45) is 0. The van der Waals surface area contributed by atoms with Gasteiger partial charge < -0.3 is 4.90 Å². The Kier molecular flexibility index (Phi) is 7.12. The molecule has 7 rings (SSSR count). The molecule has 0 bridgehead atoms. The molecule has 0 saturated carbocycles. The van der Waals surface area contributed by atoms with Gasteiger partial charge in [0.1, 0.15) is 0 Å². The Balaban J connectivity index is 1.46. The monoisotopic (exact) mass is 683 g/mol. The zero-order valence-electron chi connectivity index (χ0n) is 24.4. The second-order valence-corrected chi connectivity index (χ2v) is 13.4. The molecule has 0 saturated heterocycles. The van der Waals surface area contributed by atoms with Gasteiger partial charge in [-0.25, -0.2) is 0 Å². The topological polar surface area (TPSA) is 3.24 Å². The van der Waals surface area contributed by atoms with E-state index in [0.717, 1.165) is 26.0 Å². The number of benzene rings is 6. The first kappa shape index (κ1) is 27.9. The molecule has 0 aromatic heterocycles. The van der Waals surface area contributed by atoms with Gasteiger partial charge in [-0.2, -0.15) is 0 Å². The Morgan fingerprint density at radius 2 is 0.744 bits per heavy atom. The summed E-state index contributed by atoms with van der Waals surface area (Å²) in [6, 6.07) is 49.2. The first-order chi connectivity index (χ1) is 20.8. The first-order valence-corrected chi connectivity index (χ1v) is 16.1. The Morgan fingerprint density at radius 1 is 0.419 bits per heavy atom. The fourth-order valence-electron chi connectivity index (χ4n) is 6.56. The molecule has 0 amide bonds. The van der Waals surface area contributed by atoms with Crippen molar-refractivity contribution in [1.29, 1.82) is 0 Å². The molecular weight excluding hydrogens is 654 g/mol. The lowest BCUT2D eigenvalue weighted by atomic mass is 9.67. The third-order valence-electron chi connectivity index (χ3n) is 8.69. The van der Waals surface area contributed by atoms with Gasteiger partial charge in [-0.15, -0.1) is 0 Å². The molecule has 1 nitrogen and oxygen atoms in total. The second-order valence-electron chi connectivity index (χ2n) is 11.5. The fourth-order valence-corrected chi connectivity index (χ4v) is 7.28. The van der Waals surface area contributed by atoms with E-state index in [0.29, 0.717) is 0 Å². The normalized spacial score (nSPS) is 13.0. The summed E-state index contributed by atoms with van der Waals surface area (Å²) in [4.78, 5) is 2.34. The van der Waals surface area contributed by atoms with Crippen molar-refractivity contribution in [2.24, 2.45) is 0 Å². The van der Waals surface area contributed by atoms with E-state index in [9.17, 15) is 0 Å². The van der Waals surface area contributed by atoms with E-state index >= 15 is 0 Å². The highest BCUT2D eigenvalue weighted by molar-refractivity contribution is 9.10. The van der Waals surface area contributed by atoms with E-state index in [2.05, 4.69) is 191 Å². The largest absolute Gasteiger partial charge is 0.311 e. The van der Waals surface area contributed by atoms with E-state index in [1.807, 2.05) is 0 Å². The standard InChI is InChI=1S/C40H31Br2N/c1-26-4-10-29(11-5-26)40(38-24-31(41)14-22-36(38)37-23-15-32(42)25-39(37)40)30-12-20-35(21-13-30)43(33-16-6-27(2)7-17-33)34-18-8-28(3)9-19-34/h4-25H,1-3H3. The van der Waals surface area contributed by atoms with Crippen molar-refractivity contribution in [3.05, 3.63) is 181 Å². The molecule has 6 aromatic rings. The number of fused-ring (bicyclic) bond motifs is 3. The van der Waals surface area contributed by atoms with Gasteiger partial charge >= 0.3 is 0 Å². The van der Waals surface area contributed by atoms with Crippen LogP contribution in [0.15, 0.2) is 142 Å². The number of nitrogens with zero attached hydrogens (tertiary/aromatic N) is 1. The quantitative estimate of drug-likeness (QED) is 0.174. The molecule has 1 aliphatic rings. The number of halogens is 2. The van der Waals surface area contributed by atoms with Gasteiger partial charge in [0, 0.05) is 26.0 Å². The lowest BCUT2D eigenvalue weighted by Gasteiger charge is -2.35. The lowest BCUT2D eigenvalue weighted by molar-refractivity contribution is 0.767. The van der Waals surface area contributed by atoms with Crippen LogP contribution >= 0.6 is 31.9 Å². The molecule has 0 aliphatic heterocycles. The Morgan fingerprint density at radius 3 is 1.14 bits per heavy atom. The molecule has 0 radical (unpaired) electrons. The Labute approximate surface area is 271 Å². The van der Waals surface area contributed by atoms with E-state index in [-0.39, 0.29) is 0 Å². The number of rotatable bonds is 5. The smallest absolute Gasteiger partial charge is 0.0714 e. The maximum absolute atomic E-state index is 3.81. The maximum atomic E-state index is 3.81. The summed E-state index contributed by atoms with van der Waals surface area (Å²) in [5.74, 6) is 0. The van der Waals surface area contributed by atoms with Crippen LogP contribution in [0, 0.1) is 20.8 Å². The summed E-state index contributed by atoms with van der Waals surface area (Å²) in [5.41, 5.74) is 14.3. The van der Waals surface area contributed by atoms with Crippen LogP contribution < -0.4 is 4.90 Å². The van der Waals surface area contributed by atoms with Gasteiger partial charge in [0.25, 0.3) is 0 Å². The van der Waals surface area contributed by atoms with Crippen LogP contribution in [0.2, 0.25) is 0 Å². The molecule has 0 atom stereocenters. The molecule has 0 unspecified atom stereocenters. The second kappa shape index (κ2) is 11.0. The molecule has 1 aliphatic carbocycles. The molecule has 0 N–H and O–H groups in total. The van der Waals surface area contributed by atoms with Crippen LogP contribution in [0.4, 0.5) is 17.1 Å². The highest BCUT2D eigenvalue weighted by atomic mass is 79.9. The van der Waals surface area contributed by atoms with Crippen LogP contribution in [0.5, 0.6) is 0 Å². The van der Waals surface area contributed by atoms with E-state index in [1.54, 1.807) is 0 Å². The van der Waals surface area contributed by atoms with Crippen molar-refractivity contribution in [2.75, 3.05) is 4.90 Å². The van der Waals surface area contributed by atoms with Gasteiger partial charge in [-0.3, -0.25) is 0 Å². The summed E-state index contributed by atoms with van der Waals surface area (Å²) in [5, 5.41) is 0. The zero-order chi connectivity index (χ0) is 29.7. The zero-order valence-corrected chi connectivity index (χ0v) is 27.6. The van der Waals surface area contributed by atoms with Crippen LogP contribution in [0.3, 0.4) is 0 Å². The van der Waals surface area contributed by atoms with Gasteiger partial charge in [-0.1, -0.05) is 121 Å². The van der Waals surface area contributed by atoms with Crippen molar-refractivity contribution in [3.8, 4) is 11.1 Å². The van der Waals surface area contributed by atoms with Crippen molar-refractivity contribution in [3.63, 3.8) is 0 Å². The Bertz CT molecular complexity index is 1840. The fraction of sp³-hybridized carbons (Fsp3) is 0.100. The summed E-state index contributed by atoms with van der Waals surface area (Å²) in [7, 11) is 0. The average Bonchev–Trinajstić information content (AvgIpc) is 3.29. The van der Waals surface area contributed by atoms with Crippen LogP contribution in [0.1, 0.15) is 38.9 Å². The van der Waals surface area contributed by atoms with Crippen molar-refractivity contribution in [2.45, 2.75) is 26.2 Å². The molecule has 6 aromatic carbocycles. The molecule has 0 fully saturated rings. The SMILES string of the molecule is Cc1ccc(N(c2ccc(C)cc2)c2ccc(C3(c4ccc(C)cc4)c4cc(Br)ccc4-c4ccc(Br)cc43)cc2)cc1. The third-order valence-corrected chi connectivity index (χ3v) is 9.68. The highest BCUT2D eigenvalue weighted by Crippen LogP contribution is 2.57. The molecule has 0 spiro atoms. The lowest BCUT2D eigenvalue weighted by Crippen LogP contribution is -2.28. The summed E-state index contributed by atoms with van der Waals surface area (Å²) < 4.78 is 2.16. The van der Waals surface area contributed by atoms with E-state index in [1.165, 1.54) is 50.1 Å². The Hall–Kier alpha value is -3.92. The van der Waals surface area contributed by atoms with Gasteiger partial charge in [0.15, 0.2) is 0 Å². The van der Waals surface area contributed by atoms with Gasteiger partial charge in [0.2, 0.25) is 0 Å². The van der Waals surface area contributed by atoms with Gasteiger partial charge in [-0.05, 0) is 115 Å². The third kappa shape index (κ3) is 4.76. The van der Waals surface area contributed by atoms with Crippen LogP contribution in [-0.2, 0) is 5.41 Å². The maximum Gasteiger partial charge on any atom is 0.0714 e. The molecule has 3 heteroatoms. The number of aryl methyl sites for hydroxylation is 3. The minimum absolute atomic E-state index is 0.469. The molecule has 0 heterocycles.